The number of hydrogen-bond donors (Lipinski definition) is 1. The summed E-state index contributed by atoms with van der Waals surface area (Å²) in [5.74, 6) is -0.615. The van der Waals surface area contributed by atoms with Crippen molar-refractivity contribution in [3.05, 3.63) is 29.8 Å². The lowest BCUT2D eigenvalue weighted by Crippen LogP contribution is -2.23. The Morgan fingerprint density at radius 1 is 1.29 bits per heavy atom. The number of benzene rings is 1. The molecule has 17 heavy (non-hydrogen) atoms. The van der Waals surface area contributed by atoms with Crippen LogP contribution in [0.25, 0.3) is 0 Å². The molecule has 1 unspecified atom stereocenters. The normalized spacial score (nSPS) is 12.7. The lowest BCUT2D eigenvalue weighted by atomic mass is 10.1. The van der Waals surface area contributed by atoms with E-state index >= 15 is 0 Å². The Kier molecular flexibility index (Phi) is 6.52. The first-order valence-electron chi connectivity index (χ1n) is 5.92. The molecule has 0 radical (unpaired) electrons. The van der Waals surface area contributed by atoms with E-state index in [1.54, 1.807) is 17.8 Å². The van der Waals surface area contributed by atoms with Crippen LogP contribution in [0.4, 0.5) is 8.78 Å². The van der Waals surface area contributed by atoms with Crippen LogP contribution in [0.5, 0.6) is 0 Å². The van der Waals surface area contributed by atoms with E-state index in [0.717, 1.165) is 29.9 Å². The number of thioether (sulfide) groups is 1. The SMILES string of the molecule is CCC(CCCSc1ccc(F)c(F)c1)NC. The van der Waals surface area contributed by atoms with E-state index in [0.29, 0.717) is 6.04 Å². The fourth-order valence-electron chi connectivity index (χ4n) is 1.64. The van der Waals surface area contributed by atoms with Crippen molar-refractivity contribution >= 4 is 11.8 Å². The van der Waals surface area contributed by atoms with Gasteiger partial charge in [-0.3, -0.25) is 0 Å². The van der Waals surface area contributed by atoms with Gasteiger partial charge in [0.15, 0.2) is 11.6 Å². The Morgan fingerprint density at radius 3 is 2.65 bits per heavy atom. The molecule has 0 spiro atoms. The average Bonchev–Trinajstić information content (AvgIpc) is 2.34. The van der Waals surface area contributed by atoms with Gasteiger partial charge in [-0.15, -0.1) is 11.8 Å². The van der Waals surface area contributed by atoms with Crippen LogP contribution in [-0.2, 0) is 0 Å². The summed E-state index contributed by atoms with van der Waals surface area (Å²) < 4.78 is 25.6. The Balaban J connectivity index is 2.28. The molecule has 0 aliphatic rings. The zero-order chi connectivity index (χ0) is 12.7. The first-order valence-corrected chi connectivity index (χ1v) is 6.91. The molecule has 96 valence electrons. The van der Waals surface area contributed by atoms with Crippen LogP contribution in [0, 0.1) is 11.6 Å². The van der Waals surface area contributed by atoms with Gasteiger partial charge in [0, 0.05) is 10.9 Å². The third kappa shape index (κ3) is 5.04. The molecule has 1 rings (SSSR count). The molecule has 0 heterocycles. The molecule has 0 fully saturated rings. The molecule has 0 saturated heterocycles. The van der Waals surface area contributed by atoms with Crippen LogP contribution < -0.4 is 5.32 Å². The fraction of sp³-hybridized carbons (Fsp3) is 0.538. The Morgan fingerprint density at radius 2 is 2.06 bits per heavy atom. The maximum absolute atomic E-state index is 12.9. The number of halogens is 2. The van der Waals surface area contributed by atoms with E-state index in [9.17, 15) is 8.78 Å². The zero-order valence-corrected chi connectivity index (χ0v) is 11.1. The van der Waals surface area contributed by atoms with E-state index in [1.165, 1.54) is 12.1 Å². The monoisotopic (exact) mass is 259 g/mol. The average molecular weight is 259 g/mol. The summed E-state index contributed by atoms with van der Waals surface area (Å²) in [7, 11) is 1.97. The minimum Gasteiger partial charge on any atom is -0.317 e. The highest BCUT2D eigenvalue weighted by molar-refractivity contribution is 7.99. The van der Waals surface area contributed by atoms with E-state index in [2.05, 4.69) is 12.2 Å². The summed E-state index contributed by atoms with van der Waals surface area (Å²) in [5, 5.41) is 3.25. The number of hydrogen-bond acceptors (Lipinski definition) is 2. The van der Waals surface area contributed by atoms with Crippen LogP contribution in [0.1, 0.15) is 26.2 Å². The second-order valence-electron chi connectivity index (χ2n) is 3.96. The molecule has 1 aromatic carbocycles. The number of rotatable bonds is 7. The molecule has 0 bridgehead atoms. The second kappa shape index (κ2) is 7.67. The first-order chi connectivity index (χ1) is 8.17. The molecule has 0 aliphatic carbocycles. The quantitative estimate of drug-likeness (QED) is 0.590. The molecule has 1 N–H and O–H groups in total. The van der Waals surface area contributed by atoms with Crippen LogP contribution in [-0.4, -0.2) is 18.8 Å². The molecule has 0 aliphatic heterocycles. The fourth-order valence-corrected chi connectivity index (χ4v) is 2.54. The van der Waals surface area contributed by atoms with Gasteiger partial charge in [0.1, 0.15) is 0 Å². The maximum atomic E-state index is 12.9. The van der Waals surface area contributed by atoms with Crippen molar-refractivity contribution in [1.29, 1.82) is 0 Å². The highest BCUT2D eigenvalue weighted by Gasteiger charge is 2.04. The molecule has 0 aromatic heterocycles. The molecule has 4 heteroatoms. The zero-order valence-electron chi connectivity index (χ0n) is 10.3. The largest absolute Gasteiger partial charge is 0.317 e. The van der Waals surface area contributed by atoms with E-state index in [4.69, 9.17) is 0 Å². The van der Waals surface area contributed by atoms with E-state index < -0.39 is 11.6 Å². The minimum atomic E-state index is -0.782. The minimum absolute atomic E-state index is 0.556. The lowest BCUT2D eigenvalue weighted by Gasteiger charge is -2.12. The second-order valence-corrected chi connectivity index (χ2v) is 5.13. The van der Waals surface area contributed by atoms with Crippen molar-refractivity contribution in [2.24, 2.45) is 0 Å². The summed E-state index contributed by atoms with van der Waals surface area (Å²) in [5.41, 5.74) is 0. The summed E-state index contributed by atoms with van der Waals surface area (Å²) in [6.07, 6.45) is 3.30. The van der Waals surface area contributed by atoms with Gasteiger partial charge in [-0.25, -0.2) is 8.78 Å². The molecule has 1 nitrogen and oxygen atoms in total. The van der Waals surface area contributed by atoms with Gasteiger partial charge < -0.3 is 5.32 Å². The van der Waals surface area contributed by atoms with Gasteiger partial charge in [0.2, 0.25) is 0 Å². The predicted octanol–water partition coefficient (Wildman–Crippen LogP) is 3.84. The van der Waals surface area contributed by atoms with Crippen molar-refractivity contribution in [3.63, 3.8) is 0 Å². The van der Waals surface area contributed by atoms with Crippen molar-refractivity contribution in [1.82, 2.24) is 5.32 Å². The standard InChI is InChI=1S/C13H19F2NS/c1-3-10(16-2)5-4-8-17-11-6-7-12(14)13(15)9-11/h6-7,9-10,16H,3-5,8H2,1-2H3. The summed E-state index contributed by atoms with van der Waals surface area (Å²) >= 11 is 1.57. The molecule has 1 atom stereocenters. The highest BCUT2D eigenvalue weighted by Crippen LogP contribution is 2.21. The van der Waals surface area contributed by atoms with Gasteiger partial charge in [-0.05, 0) is 50.3 Å². The Bertz CT molecular complexity index is 340. The van der Waals surface area contributed by atoms with Crippen LogP contribution >= 0.6 is 11.8 Å². The highest BCUT2D eigenvalue weighted by atomic mass is 32.2. The van der Waals surface area contributed by atoms with Crippen molar-refractivity contribution in [2.45, 2.75) is 37.1 Å². The molecule has 1 aromatic rings. The molecule has 0 amide bonds. The van der Waals surface area contributed by atoms with Crippen molar-refractivity contribution in [2.75, 3.05) is 12.8 Å². The van der Waals surface area contributed by atoms with Crippen LogP contribution in [0.3, 0.4) is 0 Å². The van der Waals surface area contributed by atoms with Gasteiger partial charge in [-0.2, -0.15) is 0 Å². The smallest absolute Gasteiger partial charge is 0.159 e. The summed E-state index contributed by atoms with van der Waals surface area (Å²) in [6, 6.07) is 4.62. The van der Waals surface area contributed by atoms with Gasteiger partial charge in [-0.1, -0.05) is 6.92 Å². The van der Waals surface area contributed by atoms with Gasteiger partial charge in [0.25, 0.3) is 0 Å². The Hall–Kier alpha value is -0.610. The van der Waals surface area contributed by atoms with Gasteiger partial charge in [0.05, 0.1) is 0 Å². The van der Waals surface area contributed by atoms with E-state index in [-0.39, 0.29) is 0 Å². The Labute approximate surface area is 106 Å². The lowest BCUT2D eigenvalue weighted by molar-refractivity contribution is 0.504. The topological polar surface area (TPSA) is 12.0 Å². The van der Waals surface area contributed by atoms with Crippen LogP contribution in [0.15, 0.2) is 23.1 Å². The van der Waals surface area contributed by atoms with Crippen molar-refractivity contribution in [3.8, 4) is 0 Å². The van der Waals surface area contributed by atoms with Gasteiger partial charge >= 0.3 is 0 Å². The third-order valence-electron chi connectivity index (χ3n) is 2.76. The molecular formula is C13H19F2NS. The molecule has 0 saturated carbocycles. The van der Waals surface area contributed by atoms with Crippen LogP contribution in [0.2, 0.25) is 0 Å². The maximum Gasteiger partial charge on any atom is 0.159 e. The number of nitrogens with one attached hydrogen (secondary N) is 1. The van der Waals surface area contributed by atoms with Crippen molar-refractivity contribution < 1.29 is 8.78 Å². The summed E-state index contributed by atoms with van der Waals surface area (Å²) in [6.45, 7) is 2.16. The summed E-state index contributed by atoms with van der Waals surface area (Å²) in [4.78, 5) is 0.793. The van der Waals surface area contributed by atoms with E-state index in [1.807, 2.05) is 7.05 Å². The predicted molar refractivity (Wildman–Crippen MR) is 69.5 cm³/mol. The first kappa shape index (κ1) is 14.5. The third-order valence-corrected chi connectivity index (χ3v) is 3.84. The molecular weight excluding hydrogens is 240 g/mol.